The van der Waals surface area contributed by atoms with Crippen LogP contribution >= 0.6 is 99.3 Å². The maximum Gasteiger partial charge on any atom is -0.0252 e. The molecule has 0 radical (unpaired) electrons. The normalized spacial score (nSPS) is 13.4. The molecule has 0 nitrogen and oxygen atoms in total. The van der Waals surface area contributed by atoms with E-state index < -0.39 is 0 Å². The second kappa shape index (κ2) is 47.0. The van der Waals surface area contributed by atoms with Crippen molar-refractivity contribution in [3.8, 4) is 0 Å². The fraction of sp³-hybridized carbons (Fsp3) is 1.00. The monoisotopic (exact) mass is 690 g/mol. The van der Waals surface area contributed by atoms with Crippen LogP contribution in [0.3, 0.4) is 0 Å². The average molecular weight is 690 g/mol. The van der Waals surface area contributed by atoms with Gasteiger partial charge in [-0.15, -0.1) is 53.6 Å². The molecule has 0 aromatic heterocycles. The molecule has 0 aromatic carbocycles. The van der Waals surface area contributed by atoms with E-state index in [0.717, 1.165) is 23.9 Å². The summed E-state index contributed by atoms with van der Waals surface area (Å²) >= 11 is 0. The molecular weight excluding hydrogens is 624 g/mol. The van der Waals surface area contributed by atoms with Crippen molar-refractivity contribution in [2.45, 2.75) is 120 Å². The lowest BCUT2D eigenvalue weighted by Gasteiger charge is -2.07. The lowest BCUT2D eigenvalue weighted by Crippen LogP contribution is -1.80. The summed E-state index contributed by atoms with van der Waals surface area (Å²) in [4.78, 5) is 0. The van der Waals surface area contributed by atoms with Crippen LogP contribution in [0, 0.1) is 0 Å². The molecule has 0 amide bonds. The van der Waals surface area contributed by atoms with Crippen molar-refractivity contribution in [1.82, 2.24) is 0 Å². The van der Waals surface area contributed by atoms with Gasteiger partial charge in [-0.05, 0) is 37.7 Å². The first kappa shape index (κ1) is 50.9. The Kier molecular flexibility index (Phi) is 72.5. The van der Waals surface area contributed by atoms with Gasteiger partial charge in [0.15, 0.2) is 0 Å². The summed E-state index contributed by atoms with van der Waals surface area (Å²) in [6.45, 7) is 6.79. The lowest BCUT2D eigenvalue weighted by molar-refractivity contribution is 0.627. The number of unbranched alkanes of at least 4 members (excludes halogenated alkanes) is 9. The molecule has 0 aliphatic carbocycles. The van der Waals surface area contributed by atoms with Gasteiger partial charge >= 0.3 is 0 Å². The molecule has 0 N–H and O–H groups in total. The van der Waals surface area contributed by atoms with E-state index in [4.69, 9.17) is 0 Å². The minimum Gasteiger partial charge on any atom is -0.110 e. The molecule has 12 heteroatoms. The van der Waals surface area contributed by atoms with Crippen LogP contribution in [0.4, 0.5) is 0 Å². The second-order valence-corrected chi connectivity index (χ2v) is 36.8. The molecule has 0 saturated heterocycles. The Balaban J connectivity index is -0.0000000807. The molecule has 0 spiro atoms. The molecule has 210 valence electrons. The van der Waals surface area contributed by atoms with Gasteiger partial charge in [0.2, 0.25) is 0 Å². The molecule has 0 aromatic rings. The highest BCUT2D eigenvalue weighted by Gasteiger charge is 1.97. The number of rotatable bonds is 18. The van der Waals surface area contributed by atoms with Crippen molar-refractivity contribution in [2.75, 3.05) is 18.5 Å². The van der Waals surface area contributed by atoms with Gasteiger partial charge in [-0.2, -0.15) is 0 Å². The summed E-state index contributed by atoms with van der Waals surface area (Å²) in [5.41, 5.74) is 0. The smallest absolute Gasteiger partial charge is 0.0252 e. The summed E-state index contributed by atoms with van der Waals surface area (Å²) in [5, 5.41) is 0. The minimum atomic E-state index is 0. The van der Waals surface area contributed by atoms with Crippen molar-refractivity contribution in [2.24, 2.45) is 0 Å². The first-order valence-electron chi connectivity index (χ1n) is 11.4. The maximum absolute atomic E-state index is 3.00. The first-order valence-corrected chi connectivity index (χ1v) is 31.8. The van der Waals surface area contributed by atoms with Crippen molar-refractivity contribution in [3.05, 3.63) is 0 Å². The maximum atomic E-state index is 3.00. The molecule has 0 heterocycles. The van der Waals surface area contributed by atoms with E-state index in [1.807, 2.05) is 0 Å². The zero-order chi connectivity index (χ0) is 23.5. The van der Waals surface area contributed by atoms with Crippen LogP contribution in [-0.4, -0.2) is 18.5 Å². The quantitative estimate of drug-likeness (QED) is 0.0992. The molecule has 0 aliphatic heterocycles. The minimum absolute atomic E-state index is 0. The first-order chi connectivity index (χ1) is 14.4. The molecule has 0 bridgehead atoms. The molecular formula is C21H66P12. The third-order valence-corrected chi connectivity index (χ3v) is 36.0. The standard InChI is InChI=1S/C8H22P4.C6H18P4.C4H14P4.3CH4/c1-2-3-4-5-6-7-8-12(10)11-9;1-2-3-4-5-6-10(8)9-7;1-2-3-4-8(6)7-5;;;/h11H,2-10H2,1H3;9H,2-8H2,1H3;7H,2-6H2,1H3;3*1H4. The zero-order valence-electron chi connectivity index (χ0n) is 19.9. The molecule has 0 rings (SSSR count). The molecule has 33 heavy (non-hydrogen) atoms. The van der Waals surface area contributed by atoms with E-state index in [-0.39, 0.29) is 22.3 Å². The van der Waals surface area contributed by atoms with Crippen LogP contribution in [0.5, 0.6) is 0 Å². The van der Waals surface area contributed by atoms with Gasteiger partial charge in [0.25, 0.3) is 0 Å². The lowest BCUT2D eigenvalue weighted by atomic mass is 10.1. The van der Waals surface area contributed by atoms with Gasteiger partial charge in [-0.1, -0.05) is 147 Å². The Bertz CT molecular complexity index is 288. The third-order valence-electron chi connectivity index (χ3n) is 4.26. The second-order valence-electron chi connectivity index (χ2n) is 7.15. The zero-order valence-corrected chi connectivity index (χ0v) is 32.5. The molecule has 0 aliphatic rings. The molecule has 0 fully saturated rings. The van der Waals surface area contributed by atoms with E-state index in [9.17, 15) is 0 Å². The number of hydrogen-bond donors (Lipinski definition) is 0. The fourth-order valence-electron chi connectivity index (χ4n) is 2.29. The van der Waals surface area contributed by atoms with Crippen LogP contribution in [0.1, 0.15) is 120 Å². The van der Waals surface area contributed by atoms with E-state index in [1.54, 1.807) is 0 Å². The van der Waals surface area contributed by atoms with Gasteiger partial charge in [-0.3, -0.25) is 0 Å². The van der Waals surface area contributed by atoms with Crippen molar-refractivity contribution < 1.29 is 0 Å². The van der Waals surface area contributed by atoms with E-state index in [2.05, 4.69) is 74.3 Å². The van der Waals surface area contributed by atoms with Crippen LogP contribution in [0.25, 0.3) is 0 Å². The average Bonchev–Trinajstić information content (AvgIpc) is 2.77. The summed E-state index contributed by atoms with van der Waals surface area (Å²) in [5.74, 6) is 0. The summed E-state index contributed by atoms with van der Waals surface area (Å²) < 4.78 is 0. The molecule has 0 saturated carbocycles. The van der Waals surface area contributed by atoms with E-state index >= 15 is 0 Å². The van der Waals surface area contributed by atoms with Gasteiger partial charge < -0.3 is 0 Å². The van der Waals surface area contributed by atoms with E-state index in [0.29, 0.717) is 21.9 Å². The van der Waals surface area contributed by atoms with Gasteiger partial charge in [-0.25, -0.2) is 0 Å². The van der Waals surface area contributed by atoms with Crippen LogP contribution < -0.4 is 0 Å². The third kappa shape index (κ3) is 54.0. The summed E-state index contributed by atoms with van der Waals surface area (Å²) in [7, 11) is 21.7. The largest absolute Gasteiger partial charge is 0.110 e. The number of hydrogen-bond acceptors (Lipinski definition) is 0. The Morgan fingerprint density at radius 1 is 0.424 bits per heavy atom. The Morgan fingerprint density at radius 3 is 0.970 bits per heavy atom. The van der Waals surface area contributed by atoms with Crippen LogP contribution in [0.15, 0.2) is 0 Å². The van der Waals surface area contributed by atoms with E-state index in [1.165, 1.54) is 95.5 Å². The van der Waals surface area contributed by atoms with Crippen molar-refractivity contribution in [1.29, 1.82) is 0 Å². The highest BCUT2D eigenvalue weighted by Crippen LogP contribution is 2.67. The fourth-order valence-corrected chi connectivity index (χ4v) is 12.2. The predicted molar refractivity (Wildman–Crippen MR) is 211 cm³/mol. The summed E-state index contributed by atoms with van der Waals surface area (Å²) in [6, 6.07) is 0. The Morgan fingerprint density at radius 2 is 0.667 bits per heavy atom. The Labute approximate surface area is 236 Å². The SMILES string of the molecule is C.C.C.CCCCCCCCP(P)PP.CCCCCCP(P)PP.CCCCP(P)PP. The van der Waals surface area contributed by atoms with Crippen LogP contribution in [-0.2, 0) is 0 Å². The summed E-state index contributed by atoms with van der Waals surface area (Å²) in [6.07, 6.45) is 21.4. The highest BCUT2D eigenvalue weighted by molar-refractivity contribution is 8.62. The van der Waals surface area contributed by atoms with Gasteiger partial charge in [0, 0.05) is 0 Å². The molecule has 12 unspecified atom stereocenters. The Hall–Kier alpha value is 5.16. The van der Waals surface area contributed by atoms with Gasteiger partial charge in [0.05, 0.1) is 0 Å². The predicted octanol–water partition coefficient (Wildman–Crippen LogP) is 14.6. The highest BCUT2D eigenvalue weighted by atomic mass is 32.6. The van der Waals surface area contributed by atoms with Crippen molar-refractivity contribution >= 4 is 99.3 Å². The molecule has 12 atom stereocenters. The van der Waals surface area contributed by atoms with Crippen LogP contribution in [0.2, 0.25) is 0 Å². The topological polar surface area (TPSA) is 0 Å². The van der Waals surface area contributed by atoms with Gasteiger partial charge in [0.1, 0.15) is 0 Å². The van der Waals surface area contributed by atoms with Crippen molar-refractivity contribution in [3.63, 3.8) is 0 Å².